The van der Waals surface area contributed by atoms with Gasteiger partial charge in [0.2, 0.25) is 0 Å². The van der Waals surface area contributed by atoms with Crippen LogP contribution in [0, 0.1) is 0 Å². The molecule has 0 spiro atoms. The number of carbonyl (C=O) groups excluding carboxylic acids is 1. The van der Waals surface area contributed by atoms with E-state index in [2.05, 4.69) is 16.7 Å². The monoisotopic (exact) mass is 489 g/mol. The van der Waals surface area contributed by atoms with Crippen molar-refractivity contribution in [3.05, 3.63) is 48.0 Å². The predicted octanol–water partition coefficient (Wildman–Crippen LogP) is 3.92. The number of thioether (sulfide) groups is 1. The first-order valence-electron chi connectivity index (χ1n) is 11.3. The number of nitrogens with zero attached hydrogens (tertiary/aromatic N) is 2. The molecule has 0 aromatic heterocycles. The molecule has 1 N–H and O–H groups in total. The molecule has 1 amide bonds. The molecule has 7 nitrogen and oxygen atoms in total. The molecule has 0 radical (unpaired) electrons. The summed E-state index contributed by atoms with van der Waals surface area (Å²) in [6.45, 7) is 3.46. The Morgan fingerprint density at radius 3 is 2.33 bits per heavy atom. The normalized spacial score (nSPS) is 17.8. The third-order valence-electron chi connectivity index (χ3n) is 6.18. The summed E-state index contributed by atoms with van der Waals surface area (Å²) in [6, 6.07) is 11.7. The molecule has 2 aliphatic heterocycles. The van der Waals surface area contributed by atoms with Gasteiger partial charge in [0.25, 0.3) is 15.9 Å². The first kappa shape index (κ1) is 23.9. The lowest BCUT2D eigenvalue weighted by atomic mass is 10.1. The molecule has 0 unspecified atom stereocenters. The molecule has 33 heavy (non-hydrogen) atoms. The van der Waals surface area contributed by atoms with E-state index in [1.54, 1.807) is 41.3 Å². The molecule has 2 aromatic carbocycles. The number of piperidine rings is 1. The molecule has 178 valence electrons. The summed E-state index contributed by atoms with van der Waals surface area (Å²) in [6.07, 6.45) is 6.00. The highest BCUT2D eigenvalue weighted by Gasteiger charge is 2.25. The van der Waals surface area contributed by atoms with Gasteiger partial charge in [-0.3, -0.25) is 9.52 Å². The van der Waals surface area contributed by atoms with Crippen LogP contribution in [0.4, 0.5) is 5.69 Å². The van der Waals surface area contributed by atoms with Gasteiger partial charge in [0, 0.05) is 36.8 Å². The van der Waals surface area contributed by atoms with Gasteiger partial charge >= 0.3 is 0 Å². The first-order chi connectivity index (χ1) is 15.9. The quantitative estimate of drug-likeness (QED) is 0.594. The minimum absolute atomic E-state index is 0.0782. The lowest BCUT2D eigenvalue weighted by Crippen LogP contribution is -2.35. The van der Waals surface area contributed by atoms with Gasteiger partial charge < -0.3 is 14.5 Å². The molecule has 2 fully saturated rings. The number of anilines is 1. The van der Waals surface area contributed by atoms with Gasteiger partial charge in [0.15, 0.2) is 0 Å². The van der Waals surface area contributed by atoms with Crippen LogP contribution in [0.15, 0.2) is 52.3 Å². The van der Waals surface area contributed by atoms with Crippen molar-refractivity contribution >= 4 is 33.4 Å². The zero-order chi connectivity index (χ0) is 23.4. The second-order valence-electron chi connectivity index (χ2n) is 8.61. The minimum atomic E-state index is -3.84. The van der Waals surface area contributed by atoms with Crippen molar-refractivity contribution in [2.24, 2.45) is 0 Å². The average molecular weight is 490 g/mol. The number of sulfonamides is 1. The van der Waals surface area contributed by atoms with Crippen molar-refractivity contribution in [3.63, 3.8) is 0 Å². The Morgan fingerprint density at radius 1 is 1.03 bits per heavy atom. The predicted molar refractivity (Wildman–Crippen MR) is 132 cm³/mol. The Morgan fingerprint density at radius 2 is 1.70 bits per heavy atom. The van der Waals surface area contributed by atoms with Crippen molar-refractivity contribution in [2.45, 2.75) is 41.6 Å². The van der Waals surface area contributed by atoms with Gasteiger partial charge in [-0.25, -0.2) is 8.42 Å². The van der Waals surface area contributed by atoms with Gasteiger partial charge in [0.05, 0.1) is 10.5 Å². The molecule has 9 heteroatoms. The minimum Gasteiger partial charge on any atom is -0.490 e. The Bertz CT molecular complexity index is 1080. The highest BCUT2D eigenvalue weighted by atomic mass is 32.2. The zero-order valence-electron chi connectivity index (χ0n) is 19.1. The summed E-state index contributed by atoms with van der Waals surface area (Å²) in [5, 5.41) is 0. The SMILES string of the molecule is CSc1ccc(S(=O)(=O)Nc2ccc(OC3CCN(C)CC3)cc2)cc1C(=O)N1CCCC1. The van der Waals surface area contributed by atoms with E-state index in [4.69, 9.17) is 4.74 Å². The van der Waals surface area contributed by atoms with Gasteiger partial charge in [0.1, 0.15) is 11.9 Å². The third kappa shape index (κ3) is 5.83. The van der Waals surface area contributed by atoms with Crippen molar-refractivity contribution < 1.29 is 17.9 Å². The fourth-order valence-electron chi connectivity index (χ4n) is 4.22. The van der Waals surface area contributed by atoms with E-state index in [0.717, 1.165) is 49.4 Å². The highest BCUT2D eigenvalue weighted by Crippen LogP contribution is 2.28. The number of hydrogen-bond donors (Lipinski definition) is 1. The topological polar surface area (TPSA) is 79.0 Å². The summed E-state index contributed by atoms with van der Waals surface area (Å²) in [4.78, 5) is 17.9. The van der Waals surface area contributed by atoms with E-state index in [1.807, 2.05) is 6.26 Å². The van der Waals surface area contributed by atoms with E-state index < -0.39 is 10.0 Å². The van der Waals surface area contributed by atoms with Crippen molar-refractivity contribution in [3.8, 4) is 5.75 Å². The smallest absolute Gasteiger partial charge is 0.261 e. The van der Waals surface area contributed by atoms with E-state index in [9.17, 15) is 13.2 Å². The van der Waals surface area contributed by atoms with Crippen LogP contribution in [0.25, 0.3) is 0 Å². The van der Waals surface area contributed by atoms with Crippen LogP contribution in [0.3, 0.4) is 0 Å². The molecule has 0 bridgehead atoms. The van der Waals surface area contributed by atoms with Gasteiger partial charge in [-0.05, 0) is 81.5 Å². The molecular weight excluding hydrogens is 458 g/mol. The van der Waals surface area contributed by atoms with Crippen LogP contribution in [0.5, 0.6) is 5.75 Å². The number of benzene rings is 2. The molecular formula is C24H31N3O4S2. The third-order valence-corrected chi connectivity index (χ3v) is 8.35. The second kappa shape index (κ2) is 10.4. The van der Waals surface area contributed by atoms with Gasteiger partial charge in [-0.2, -0.15) is 0 Å². The number of likely N-dealkylation sites (tertiary alicyclic amines) is 2. The number of rotatable bonds is 7. The van der Waals surface area contributed by atoms with Crippen molar-refractivity contribution in [1.29, 1.82) is 0 Å². The average Bonchev–Trinajstić information content (AvgIpc) is 3.36. The van der Waals surface area contributed by atoms with Crippen molar-refractivity contribution in [1.82, 2.24) is 9.80 Å². The van der Waals surface area contributed by atoms with Crippen LogP contribution in [0.1, 0.15) is 36.0 Å². The Labute approximate surface area is 200 Å². The van der Waals surface area contributed by atoms with E-state index in [0.29, 0.717) is 24.3 Å². The first-order valence-corrected chi connectivity index (χ1v) is 14.0. The standard InChI is InChI=1S/C24H31N3O4S2/c1-26-15-11-20(12-16-26)31-19-7-5-18(6-8-19)25-33(29,30)21-9-10-23(32-2)22(17-21)24(28)27-13-3-4-14-27/h5-10,17,20,25H,3-4,11-16H2,1-2H3. The van der Waals surface area contributed by atoms with E-state index in [-0.39, 0.29) is 16.9 Å². The molecule has 2 saturated heterocycles. The number of carbonyl (C=O) groups is 1. The summed E-state index contributed by atoms with van der Waals surface area (Å²) in [7, 11) is -1.73. The number of amides is 1. The Kier molecular flexibility index (Phi) is 7.51. The fourth-order valence-corrected chi connectivity index (χ4v) is 5.88. The van der Waals surface area contributed by atoms with Crippen molar-refractivity contribution in [2.75, 3.05) is 44.2 Å². The molecule has 0 saturated carbocycles. The maximum Gasteiger partial charge on any atom is 0.261 e. The summed E-state index contributed by atoms with van der Waals surface area (Å²) in [5.41, 5.74) is 0.890. The molecule has 2 heterocycles. The van der Waals surface area contributed by atoms with Crippen LogP contribution in [-0.2, 0) is 10.0 Å². The lowest BCUT2D eigenvalue weighted by molar-refractivity contribution is 0.0789. The summed E-state index contributed by atoms with van der Waals surface area (Å²) in [5.74, 6) is 0.625. The summed E-state index contributed by atoms with van der Waals surface area (Å²) >= 11 is 1.44. The maximum atomic E-state index is 13.1. The molecule has 4 rings (SSSR count). The molecule has 0 atom stereocenters. The van der Waals surface area contributed by atoms with Crippen LogP contribution < -0.4 is 9.46 Å². The number of nitrogens with one attached hydrogen (secondary N) is 1. The number of hydrogen-bond acceptors (Lipinski definition) is 6. The largest absolute Gasteiger partial charge is 0.490 e. The van der Waals surface area contributed by atoms with Gasteiger partial charge in [-0.1, -0.05) is 0 Å². The fraction of sp³-hybridized carbons (Fsp3) is 0.458. The molecule has 2 aromatic rings. The second-order valence-corrected chi connectivity index (χ2v) is 11.1. The highest BCUT2D eigenvalue weighted by molar-refractivity contribution is 7.98. The zero-order valence-corrected chi connectivity index (χ0v) is 20.8. The van der Waals surface area contributed by atoms with E-state index >= 15 is 0 Å². The Balaban J connectivity index is 1.47. The lowest BCUT2D eigenvalue weighted by Gasteiger charge is -2.29. The molecule has 2 aliphatic rings. The van der Waals surface area contributed by atoms with Crippen LogP contribution in [-0.4, -0.2) is 69.7 Å². The maximum absolute atomic E-state index is 13.1. The van der Waals surface area contributed by atoms with Crippen LogP contribution in [0.2, 0.25) is 0 Å². The van der Waals surface area contributed by atoms with Gasteiger partial charge in [-0.15, -0.1) is 11.8 Å². The molecule has 0 aliphatic carbocycles. The van der Waals surface area contributed by atoms with Crippen LogP contribution >= 0.6 is 11.8 Å². The Hall–Kier alpha value is -2.23. The number of ether oxygens (including phenoxy) is 1. The van der Waals surface area contributed by atoms with E-state index in [1.165, 1.54) is 17.8 Å². The summed E-state index contributed by atoms with van der Waals surface area (Å²) < 4.78 is 34.8.